The smallest absolute Gasteiger partial charge is 0.269 e. The number of ether oxygens (including phenoxy) is 1. The van der Waals surface area contributed by atoms with E-state index in [1.807, 2.05) is 44.2 Å². The number of rotatable bonds is 9. The van der Waals surface area contributed by atoms with Gasteiger partial charge in [-0.1, -0.05) is 31.2 Å². The second-order valence-electron chi connectivity index (χ2n) is 5.89. The summed E-state index contributed by atoms with van der Waals surface area (Å²) >= 11 is 0. The molecule has 134 valence electrons. The number of hydrogen-bond acceptors (Lipinski definition) is 3. The number of allylic oxidation sites excluding steroid dienone is 2. The van der Waals surface area contributed by atoms with Crippen LogP contribution in [0.2, 0.25) is 0 Å². The minimum atomic E-state index is -0.118. The number of hydrogen-bond donors (Lipinski definition) is 1. The molecule has 0 saturated heterocycles. The first-order valence-electron chi connectivity index (χ1n) is 8.78. The van der Waals surface area contributed by atoms with Gasteiger partial charge in [0.1, 0.15) is 11.4 Å². The summed E-state index contributed by atoms with van der Waals surface area (Å²) in [4.78, 5) is 12.3. The van der Waals surface area contributed by atoms with Crippen molar-refractivity contribution in [3.8, 4) is 5.75 Å². The summed E-state index contributed by atoms with van der Waals surface area (Å²) in [6.45, 7) is 5.19. The summed E-state index contributed by atoms with van der Waals surface area (Å²) in [5.41, 5.74) is 2.51. The van der Waals surface area contributed by atoms with Crippen LogP contribution in [0.25, 0.3) is 0 Å². The summed E-state index contributed by atoms with van der Waals surface area (Å²) in [5, 5.41) is 7.25. The number of nitrogens with zero attached hydrogens (tertiary/aromatic N) is 2. The average molecular weight is 341 g/mol. The van der Waals surface area contributed by atoms with Gasteiger partial charge in [0.05, 0.1) is 12.3 Å². The molecule has 5 heteroatoms. The molecule has 0 radical (unpaired) electrons. The van der Waals surface area contributed by atoms with Gasteiger partial charge in [-0.05, 0) is 49.9 Å². The Labute approximate surface area is 149 Å². The third-order valence-electron chi connectivity index (χ3n) is 3.90. The summed E-state index contributed by atoms with van der Waals surface area (Å²) in [7, 11) is 1.79. The van der Waals surface area contributed by atoms with E-state index in [2.05, 4.69) is 22.6 Å². The lowest BCUT2D eigenvalue weighted by Gasteiger charge is -2.09. The van der Waals surface area contributed by atoms with Crippen LogP contribution in [0, 0.1) is 0 Å². The van der Waals surface area contributed by atoms with E-state index in [9.17, 15) is 4.79 Å². The molecule has 1 heterocycles. The van der Waals surface area contributed by atoms with Gasteiger partial charge in [0, 0.05) is 13.6 Å². The molecule has 2 rings (SSSR count). The normalized spacial score (nSPS) is 11.0. The molecule has 1 aromatic carbocycles. The maximum atomic E-state index is 12.3. The number of nitrogens with one attached hydrogen (secondary N) is 1. The van der Waals surface area contributed by atoms with E-state index in [-0.39, 0.29) is 5.91 Å². The van der Waals surface area contributed by atoms with Crippen molar-refractivity contribution in [2.45, 2.75) is 39.7 Å². The Morgan fingerprint density at radius 2 is 2.20 bits per heavy atom. The van der Waals surface area contributed by atoms with Crippen LogP contribution < -0.4 is 10.1 Å². The summed E-state index contributed by atoms with van der Waals surface area (Å²) in [5.74, 6) is 0.716. The number of carbonyl (C=O) groups is 1. The van der Waals surface area contributed by atoms with Crippen molar-refractivity contribution in [1.82, 2.24) is 15.1 Å². The topological polar surface area (TPSA) is 56.1 Å². The van der Waals surface area contributed by atoms with Crippen LogP contribution in [0.3, 0.4) is 0 Å². The fourth-order valence-corrected chi connectivity index (χ4v) is 2.49. The lowest BCUT2D eigenvalue weighted by molar-refractivity contribution is 0.0941. The summed E-state index contributed by atoms with van der Waals surface area (Å²) in [6, 6.07) is 9.67. The molecule has 1 amide bonds. The molecule has 25 heavy (non-hydrogen) atoms. The minimum Gasteiger partial charge on any atom is -0.494 e. The van der Waals surface area contributed by atoms with Gasteiger partial charge in [0.25, 0.3) is 5.91 Å². The van der Waals surface area contributed by atoms with Crippen LogP contribution >= 0.6 is 0 Å². The van der Waals surface area contributed by atoms with Crippen LogP contribution in [0.1, 0.15) is 48.4 Å². The predicted molar refractivity (Wildman–Crippen MR) is 99.7 cm³/mol. The third-order valence-corrected chi connectivity index (χ3v) is 3.90. The molecule has 0 fully saturated rings. The van der Waals surface area contributed by atoms with Crippen LogP contribution in [0.4, 0.5) is 0 Å². The highest BCUT2D eigenvalue weighted by atomic mass is 16.5. The van der Waals surface area contributed by atoms with Crippen LogP contribution in [0.5, 0.6) is 5.75 Å². The van der Waals surface area contributed by atoms with E-state index >= 15 is 0 Å². The zero-order chi connectivity index (χ0) is 18.1. The molecule has 0 spiro atoms. The van der Waals surface area contributed by atoms with E-state index < -0.39 is 0 Å². The second kappa shape index (κ2) is 9.67. The molecular formula is C20H27N3O2. The second-order valence-corrected chi connectivity index (χ2v) is 5.89. The average Bonchev–Trinajstić information content (AvgIpc) is 3.01. The maximum Gasteiger partial charge on any atom is 0.269 e. The zero-order valence-corrected chi connectivity index (χ0v) is 15.3. The van der Waals surface area contributed by atoms with Crippen LogP contribution in [-0.2, 0) is 20.0 Å². The summed E-state index contributed by atoms with van der Waals surface area (Å²) < 4.78 is 7.38. The van der Waals surface area contributed by atoms with Crippen molar-refractivity contribution in [2.75, 3.05) is 6.61 Å². The Morgan fingerprint density at radius 1 is 1.36 bits per heavy atom. The first-order valence-corrected chi connectivity index (χ1v) is 8.78. The van der Waals surface area contributed by atoms with Crippen LogP contribution in [0.15, 0.2) is 42.5 Å². The molecule has 5 nitrogen and oxygen atoms in total. The quantitative estimate of drug-likeness (QED) is 0.559. The molecule has 0 aliphatic heterocycles. The standard InChI is InChI=1S/C20H27N3O2/c1-4-6-7-8-12-25-18-11-9-10-16(13-18)15-21-20(24)19-14-17(5-2)22-23(19)3/h4,6,9-11,13-14H,5,7-8,12,15H2,1-3H3,(H,21,24). The Bertz CT molecular complexity index is 719. The van der Waals surface area contributed by atoms with Gasteiger partial charge >= 0.3 is 0 Å². The third kappa shape index (κ3) is 5.78. The Hall–Kier alpha value is -2.56. The molecule has 1 aromatic heterocycles. The Kier molecular flexibility index (Phi) is 7.26. The molecule has 1 N–H and O–H groups in total. The van der Waals surface area contributed by atoms with Crippen molar-refractivity contribution in [3.05, 3.63) is 59.4 Å². The number of aryl methyl sites for hydroxylation is 2. The number of unbranched alkanes of at least 4 members (excludes halogenated alkanes) is 1. The lowest BCUT2D eigenvalue weighted by atomic mass is 10.2. The first-order chi connectivity index (χ1) is 12.1. The molecule has 2 aromatic rings. The van der Waals surface area contributed by atoms with Gasteiger partial charge in [-0.2, -0.15) is 5.10 Å². The summed E-state index contributed by atoms with van der Waals surface area (Å²) in [6.07, 6.45) is 7.02. The van der Waals surface area contributed by atoms with Crippen molar-refractivity contribution in [2.24, 2.45) is 7.05 Å². The van der Waals surface area contributed by atoms with Crippen molar-refractivity contribution >= 4 is 5.91 Å². The molecule has 0 bridgehead atoms. The van der Waals surface area contributed by atoms with Gasteiger partial charge < -0.3 is 10.1 Å². The van der Waals surface area contributed by atoms with Crippen molar-refractivity contribution in [1.29, 1.82) is 0 Å². The van der Waals surface area contributed by atoms with Gasteiger partial charge in [-0.3, -0.25) is 9.48 Å². The highest BCUT2D eigenvalue weighted by Crippen LogP contribution is 2.14. The number of amides is 1. The number of carbonyl (C=O) groups excluding carboxylic acids is 1. The highest BCUT2D eigenvalue weighted by molar-refractivity contribution is 5.92. The molecule has 0 atom stereocenters. The molecular weight excluding hydrogens is 314 g/mol. The number of benzene rings is 1. The largest absolute Gasteiger partial charge is 0.494 e. The fraction of sp³-hybridized carbons (Fsp3) is 0.400. The first kappa shape index (κ1) is 18.8. The lowest BCUT2D eigenvalue weighted by Crippen LogP contribution is -2.25. The van der Waals surface area contributed by atoms with Gasteiger partial charge in [-0.25, -0.2) is 0 Å². The van der Waals surface area contributed by atoms with E-state index in [1.165, 1.54) is 0 Å². The van der Waals surface area contributed by atoms with E-state index in [4.69, 9.17) is 4.74 Å². The molecule has 0 aliphatic carbocycles. The molecule has 0 saturated carbocycles. The SMILES string of the molecule is CC=CCCCOc1cccc(CNC(=O)c2cc(CC)nn2C)c1. The number of aromatic nitrogens is 2. The monoisotopic (exact) mass is 341 g/mol. The van der Waals surface area contributed by atoms with Crippen molar-refractivity contribution < 1.29 is 9.53 Å². The molecule has 0 aliphatic rings. The highest BCUT2D eigenvalue weighted by Gasteiger charge is 2.12. The van der Waals surface area contributed by atoms with E-state index in [1.54, 1.807) is 11.7 Å². The maximum absolute atomic E-state index is 12.3. The zero-order valence-electron chi connectivity index (χ0n) is 15.3. The Balaban J connectivity index is 1.86. The van der Waals surface area contributed by atoms with E-state index in [0.29, 0.717) is 18.8 Å². The fourth-order valence-electron chi connectivity index (χ4n) is 2.49. The van der Waals surface area contributed by atoms with Crippen molar-refractivity contribution in [3.63, 3.8) is 0 Å². The minimum absolute atomic E-state index is 0.118. The van der Waals surface area contributed by atoms with Gasteiger partial charge in [-0.15, -0.1) is 0 Å². The molecule has 0 unspecified atom stereocenters. The van der Waals surface area contributed by atoms with Gasteiger partial charge in [0.2, 0.25) is 0 Å². The van der Waals surface area contributed by atoms with E-state index in [0.717, 1.165) is 36.3 Å². The van der Waals surface area contributed by atoms with Gasteiger partial charge in [0.15, 0.2) is 0 Å². The predicted octanol–water partition coefficient (Wildman–Crippen LogP) is 3.65. The Morgan fingerprint density at radius 3 is 2.92 bits per heavy atom. The van der Waals surface area contributed by atoms with Crippen LogP contribution in [-0.4, -0.2) is 22.3 Å².